The zero-order valence-corrected chi connectivity index (χ0v) is 40.3. The van der Waals surface area contributed by atoms with Crippen LogP contribution >= 0.6 is 35.3 Å². The number of nitriles is 1. The number of carboxylic acid groups (broad SMARTS) is 1. The summed E-state index contributed by atoms with van der Waals surface area (Å²) in [5, 5.41) is 19.3. The molecule has 3 N–H and O–H groups in total. The maximum absolute atomic E-state index is 12.9. The topological polar surface area (TPSA) is 241 Å². The van der Waals surface area contributed by atoms with Gasteiger partial charge < -0.3 is 10.8 Å². The highest BCUT2D eigenvalue weighted by atomic mass is 32.2. The Morgan fingerprint density at radius 2 is 0.829 bits per heavy atom. The first-order valence-corrected chi connectivity index (χ1v) is 24.6. The molecule has 0 bridgehead atoms. The second kappa shape index (κ2) is 24.1. The molecule has 20 heteroatoms. The Morgan fingerprint density at radius 1 is 0.513 bits per heavy atom. The summed E-state index contributed by atoms with van der Waals surface area (Å²) in [7, 11) is 0. The van der Waals surface area contributed by atoms with Crippen molar-refractivity contribution in [3.05, 3.63) is 160 Å². The number of hydrogen-bond acceptors (Lipinski definition) is 15. The molecule has 9 heterocycles. The van der Waals surface area contributed by atoms with Gasteiger partial charge in [-0.25, -0.2) is 19.7 Å². The van der Waals surface area contributed by atoms with Crippen LogP contribution in [-0.2, 0) is 14.4 Å². The molecule has 4 amide bonds. The summed E-state index contributed by atoms with van der Waals surface area (Å²) in [6.45, 7) is 5.98. The van der Waals surface area contributed by atoms with E-state index in [-0.39, 0.29) is 71.7 Å². The minimum atomic E-state index is -1.03. The van der Waals surface area contributed by atoms with E-state index < -0.39 is 34.5 Å². The zero-order valence-electron chi connectivity index (χ0n) is 37.9. The SMILES string of the molecule is C.C.C.C.C.Cc1ccc(N2C=NC3c4c(C#N)ccnc4SC3C2=O)cc1.Cc1ccc(N2C=NC3c4c(C(=O)O)ccnc4SC3C2=O)cc1.Cc1ccc(N2C=NC3c4c(C(N)=O)ccnc4SC3C2=O)cc1. The molecule has 0 fully saturated rings. The van der Waals surface area contributed by atoms with Crippen molar-refractivity contribution in [2.45, 2.75) is 107 Å². The van der Waals surface area contributed by atoms with Gasteiger partial charge in [-0.15, -0.1) is 0 Å². The Hall–Kier alpha value is -7.99. The molecule has 6 atom stereocenters. The van der Waals surface area contributed by atoms with Crippen LogP contribution in [0, 0.1) is 32.1 Å². The first kappa shape index (κ1) is 58.9. The summed E-state index contributed by atoms with van der Waals surface area (Å²) < 4.78 is 0. The minimum Gasteiger partial charge on any atom is -0.478 e. The Bertz CT molecular complexity index is 3180. The van der Waals surface area contributed by atoms with E-state index >= 15 is 0 Å². The number of aryl methyl sites for hydroxylation is 3. The number of carboxylic acids is 1. The van der Waals surface area contributed by atoms with Crippen molar-refractivity contribution in [2.75, 3.05) is 14.7 Å². The van der Waals surface area contributed by atoms with Crippen LogP contribution in [0.15, 0.2) is 140 Å². The third-order valence-electron chi connectivity index (χ3n) is 12.3. The smallest absolute Gasteiger partial charge is 0.336 e. The van der Waals surface area contributed by atoms with Gasteiger partial charge in [-0.3, -0.25) is 48.9 Å². The molecule has 0 saturated carbocycles. The molecule has 3 aromatic heterocycles. The number of nitrogens with two attached hydrogens (primary N) is 1. The van der Waals surface area contributed by atoms with Gasteiger partial charge in [-0.05, 0) is 75.4 Å². The van der Waals surface area contributed by atoms with Crippen molar-refractivity contribution in [3.8, 4) is 6.07 Å². The number of carbonyl (C=O) groups is 5. The average Bonchev–Trinajstić information content (AvgIpc) is 4.09. The highest BCUT2D eigenvalue weighted by Gasteiger charge is 2.48. The second-order valence-electron chi connectivity index (χ2n) is 16.9. The summed E-state index contributed by atoms with van der Waals surface area (Å²) in [6.07, 6.45) is 9.18. The number of nitrogens with zero attached hydrogens (tertiary/aromatic N) is 10. The van der Waals surface area contributed by atoms with E-state index in [2.05, 4.69) is 36.0 Å². The summed E-state index contributed by atoms with van der Waals surface area (Å²) in [4.78, 5) is 92.7. The molecular weight excluding hydrogens is 1020 g/mol. The fourth-order valence-electron chi connectivity index (χ4n) is 8.72. The standard InChI is InChI=1S/C17H14N4O2S.C17H12N4OS.C17H13N3O3S.5CH4/c1-9-2-4-10(5-3-9)21-8-20-13-12-11(15(18)22)6-7-19-16(12)24-14(13)17(21)23;1-10-2-4-12(5-3-10)21-9-20-14-13-11(8-18)6-7-19-16(13)23-15(14)17(21)22;1-9-2-4-10(5-3-9)20-8-19-13-12-11(17(22)23)6-7-18-15(12)24-14(13)16(20)21;;;;;/h2-8,13-14H,1H3,(H2,18,22);2-7,9,14-15H,1H3;2-8,13-14H,1H3,(H,22,23);5*1H4. The van der Waals surface area contributed by atoms with Gasteiger partial charge in [-0.1, -0.05) is 126 Å². The number of aromatic nitrogens is 3. The molecule has 76 heavy (non-hydrogen) atoms. The van der Waals surface area contributed by atoms with Gasteiger partial charge in [0.15, 0.2) is 0 Å². The number of hydrogen-bond donors (Lipinski definition) is 2. The zero-order chi connectivity index (χ0) is 49.7. The lowest BCUT2D eigenvalue weighted by atomic mass is 9.98. The number of aliphatic imine (C=N–C) groups is 3. The third kappa shape index (κ3) is 10.8. The maximum Gasteiger partial charge on any atom is 0.336 e. The van der Waals surface area contributed by atoms with E-state index in [9.17, 15) is 34.3 Å². The lowest BCUT2D eigenvalue weighted by Gasteiger charge is -2.28. The van der Waals surface area contributed by atoms with Gasteiger partial charge in [-0.2, -0.15) is 5.26 Å². The predicted molar refractivity (Wildman–Crippen MR) is 305 cm³/mol. The van der Waals surface area contributed by atoms with E-state index in [1.54, 1.807) is 34.5 Å². The fraction of sp³-hybridized carbons (Fsp3) is 0.250. The van der Waals surface area contributed by atoms with Crippen molar-refractivity contribution in [3.63, 3.8) is 0 Å². The van der Waals surface area contributed by atoms with Gasteiger partial charge in [0, 0.05) is 57.9 Å². The predicted octanol–water partition coefficient (Wildman–Crippen LogP) is 10.8. The molecule has 6 aliphatic rings. The van der Waals surface area contributed by atoms with Gasteiger partial charge in [0.2, 0.25) is 23.6 Å². The average molecular weight is 1080 g/mol. The normalized spacial score (nSPS) is 20.2. The molecule has 0 saturated heterocycles. The van der Waals surface area contributed by atoms with Crippen molar-refractivity contribution < 1.29 is 29.1 Å². The van der Waals surface area contributed by atoms with Crippen LogP contribution in [0.4, 0.5) is 17.1 Å². The number of rotatable bonds is 5. The number of amides is 4. The van der Waals surface area contributed by atoms with E-state index in [0.29, 0.717) is 32.3 Å². The lowest BCUT2D eigenvalue weighted by Crippen LogP contribution is -2.42. The Morgan fingerprint density at radius 3 is 1.17 bits per heavy atom. The van der Waals surface area contributed by atoms with Crippen molar-refractivity contribution >= 4 is 101 Å². The van der Waals surface area contributed by atoms with E-state index in [0.717, 1.165) is 44.3 Å². The number of thioether (sulfide) groups is 3. The molecule has 6 unspecified atom stereocenters. The Balaban J connectivity index is 0.000000204. The van der Waals surface area contributed by atoms with Crippen LogP contribution in [0.2, 0.25) is 0 Å². The van der Waals surface area contributed by atoms with Gasteiger partial charge in [0.05, 0.1) is 36.2 Å². The van der Waals surface area contributed by atoms with Crippen molar-refractivity contribution in [1.29, 1.82) is 5.26 Å². The van der Waals surface area contributed by atoms with E-state index in [1.165, 1.54) is 71.3 Å². The number of pyridine rings is 3. The second-order valence-corrected chi connectivity index (χ2v) is 20.3. The molecule has 0 radical (unpaired) electrons. The van der Waals surface area contributed by atoms with E-state index in [1.807, 2.05) is 93.6 Å². The van der Waals surface area contributed by atoms with Crippen molar-refractivity contribution in [2.24, 2.45) is 20.7 Å². The van der Waals surface area contributed by atoms with Crippen LogP contribution in [0.1, 0.15) is 115 Å². The van der Waals surface area contributed by atoms with Crippen molar-refractivity contribution in [1.82, 2.24) is 15.0 Å². The molecule has 12 rings (SSSR count). The highest BCUT2D eigenvalue weighted by Crippen LogP contribution is 2.51. The van der Waals surface area contributed by atoms with Crippen LogP contribution in [-0.4, -0.2) is 84.4 Å². The molecule has 17 nitrogen and oxygen atoms in total. The Labute approximate surface area is 455 Å². The molecular formula is C56H59N11O6S3. The largest absolute Gasteiger partial charge is 0.478 e. The summed E-state index contributed by atoms with van der Waals surface area (Å²) in [6, 6.07) is 28.7. The first-order valence-electron chi connectivity index (χ1n) is 22.0. The monoisotopic (exact) mass is 1080 g/mol. The molecule has 0 aliphatic carbocycles. The van der Waals surface area contributed by atoms with Gasteiger partial charge >= 0.3 is 5.97 Å². The quantitative estimate of drug-likeness (QED) is 0.163. The Kier molecular flexibility index (Phi) is 18.7. The van der Waals surface area contributed by atoms with Crippen LogP contribution < -0.4 is 20.4 Å². The van der Waals surface area contributed by atoms with Gasteiger partial charge in [0.25, 0.3) is 0 Å². The molecule has 6 aliphatic heterocycles. The summed E-state index contributed by atoms with van der Waals surface area (Å²) in [5.41, 5.74) is 14.2. The number of carbonyl (C=O) groups excluding carboxylic acids is 4. The van der Waals surface area contributed by atoms with Crippen LogP contribution in [0.3, 0.4) is 0 Å². The lowest BCUT2D eigenvalue weighted by molar-refractivity contribution is -0.118. The number of aromatic carboxylic acids is 1. The number of benzene rings is 3. The van der Waals surface area contributed by atoms with E-state index in [4.69, 9.17) is 5.73 Å². The summed E-state index contributed by atoms with van der Waals surface area (Å²) in [5.74, 6) is -1.77. The number of primary amides is 1. The fourth-order valence-corrected chi connectivity index (χ4v) is 12.5. The summed E-state index contributed by atoms with van der Waals surface area (Å²) >= 11 is 4.01. The minimum absolute atomic E-state index is 0. The molecule has 0 spiro atoms. The van der Waals surface area contributed by atoms with Crippen LogP contribution in [0.25, 0.3) is 0 Å². The number of anilines is 3. The van der Waals surface area contributed by atoms with Crippen LogP contribution in [0.5, 0.6) is 0 Å². The molecule has 6 aromatic rings. The molecule has 392 valence electrons. The highest BCUT2D eigenvalue weighted by molar-refractivity contribution is 8.01. The maximum atomic E-state index is 12.9. The third-order valence-corrected chi connectivity index (χ3v) is 16.1. The van der Waals surface area contributed by atoms with Gasteiger partial charge in [0.1, 0.15) is 49.0 Å². The first-order chi connectivity index (χ1) is 34.3. The number of fused-ring (bicyclic) bond motifs is 9. The molecule has 3 aromatic carbocycles.